The molecule has 0 spiro atoms. The Morgan fingerprint density at radius 1 is 0.650 bits per heavy atom. The Morgan fingerprint density at radius 2 is 1.26 bits per heavy atom. The zero-order chi connectivity index (χ0) is 74.8. The summed E-state index contributed by atoms with van der Waals surface area (Å²) >= 11 is 0. The number of amides is 11. The quantitative estimate of drug-likeness (QED) is 0.0213. The van der Waals surface area contributed by atoms with Crippen LogP contribution in [0.2, 0.25) is 0 Å². The molecule has 546 valence electrons. The molecular formula is C66H91FN14O19. The number of aryl methyl sites for hydroxylation is 1. The van der Waals surface area contributed by atoms with Gasteiger partial charge >= 0.3 is 11.9 Å². The van der Waals surface area contributed by atoms with Crippen LogP contribution < -0.4 is 69.4 Å². The minimum Gasteiger partial charge on any atom is -0.497 e. The normalized spacial score (nSPS) is 14.8. The van der Waals surface area contributed by atoms with Gasteiger partial charge in [0, 0.05) is 37.6 Å². The number of hydrogen-bond donors (Lipinski definition) is 18. The number of aliphatic hydroxyl groups excluding tert-OH is 3. The van der Waals surface area contributed by atoms with Gasteiger partial charge in [0.05, 0.1) is 51.3 Å². The van der Waals surface area contributed by atoms with Crippen molar-refractivity contribution in [1.29, 1.82) is 0 Å². The predicted octanol–water partition coefficient (Wildman–Crippen LogP) is -2.81. The molecule has 11 amide bonds. The SMILES string of the molecule is CCCC[C@H](NC(=O)[C@H](Cc1ccc(-c2ccc(OC)cc2CC)cc1)NC(=O)[C@H](CC(=O)O)NC(=O)[C@H](CO)NC(=O)[C@@H](NC(=O)[C@](C)(Cc1ccccc1F)NC(=O)[C@@H](NC(=O)CNC(=O)[C@H](CCC(=O)O)NC(=O)C(C)(C)NC(=O)[C@@H](N)Cc1cnc[nH]1)[C@@H](C)O)[C@@H](C)O)C(N)=O. The lowest BCUT2D eigenvalue weighted by Gasteiger charge is -2.34. The second-order valence-corrected chi connectivity index (χ2v) is 24.6. The van der Waals surface area contributed by atoms with Crippen molar-refractivity contribution < 1.29 is 97.0 Å². The Morgan fingerprint density at radius 3 is 1.83 bits per heavy atom. The number of unbranched alkanes of at least 4 members (excludes halogenated alkanes) is 1. The molecule has 0 fully saturated rings. The molecule has 3 aromatic carbocycles. The number of carbonyl (C=O) groups is 13. The van der Waals surface area contributed by atoms with E-state index in [2.05, 4.69) is 63.1 Å². The molecule has 0 unspecified atom stereocenters. The summed E-state index contributed by atoms with van der Waals surface area (Å²) in [6.07, 6.45) is -2.34. The van der Waals surface area contributed by atoms with E-state index in [9.17, 15) is 87.9 Å². The van der Waals surface area contributed by atoms with Crippen LogP contribution in [-0.2, 0) is 88.0 Å². The number of nitrogens with two attached hydrogens (primary N) is 2. The second-order valence-electron chi connectivity index (χ2n) is 24.6. The fraction of sp³-hybridized carbons (Fsp3) is 0.485. The van der Waals surface area contributed by atoms with E-state index >= 15 is 4.39 Å². The van der Waals surface area contributed by atoms with Gasteiger partial charge in [-0.05, 0) is 99.9 Å². The van der Waals surface area contributed by atoms with Crippen molar-refractivity contribution in [3.63, 3.8) is 0 Å². The van der Waals surface area contributed by atoms with Crippen molar-refractivity contribution in [2.75, 3.05) is 20.3 Å². The smallest absolute Gasteiger partial charge is 0.305 e. The standard InChI is InChI=1S/C66H91FN14O19/c1-9-11-16-45(55(69)90)73-58(93)47(25-36-17-19-38(20-18-36)42-22-21-41(100-8)26-37(42)10-2)74-59(94)48(28-52(88)89)75-60(95)49(32-82)76-61(96)53(34(3)83)79-64(99)66(7,29-39-14-12-13-15-43(39)67)81-62(97)54(35(4)84)78-50(85)31-71-57(92)46(23-24-51(86)87)77-63(98)65(5,6)80-56(91)44(68)27-40-30-70-33-72-40/h12-15,17-22,26,30,33-35,44-49,53-54,82-84H,9-11,16,23-25,27-29,31-32,68H2,1-8H3,(H2,69,90)(H,70,72)(H,71,92)(H,73,93)(H,74,94)(H,75,95)(H,76,96)(H,77,98)(H,78,85)(H,79,99)(H,80,91)(H,81,97)(H,86,87)(H,88,89)/t34-,35-,44+,45+,46+,47+,48+,49+,53+,54+,66+/m1/s1. The third-order valence-electron chi connectivity index (χ3n) is 15.9. The number of nitrogens with zero attached hydrogens (tertiary/aromatic N) is 1. The fourth-order valence-corrected chi connectivity index (χ4v) is 10.1. The first-order valence-electron chi connectivity index (χ1n) is 32.0. The van der Waals surface area contributed by atoms with Gasteiger partial charge in [0.25, 0.3) is 0 Å². The van der Waals surface area contributed by atoms with Crippen LogP contribution in [0.25, 0.3) is 11.1 Å². The van der Waals surface area contributed by atoms with Crippen LogP contribution in [0.15, 0.2) is 79.3 Å². The highest BCUT2D eigenvalue weighted by Gasteiger charge is 2.43. The number of ether oxygens (including phenoxy) is 1. The monoisotopic (exact) mass is 1400 g/mol. The second kappa shape index (κ2) is 38.6. The summed E-state index contributed by atoms with van der Waals surface area (Å²) in [5, 5.41) is 74.6. The fourth-order valence-electron chi connectivity index (χ4n) is 10.1. The predicted molar refractivity (Wildman–Crippen MR) is 355 cm³/mol. The highest BCUT2D eigenvalue weighted by atomic mass is 19.1. The number of aliphatic carboxylic acids is 2. The molecule has 4 rings (SSSR count). The van der Waals surface area contributed by atoms with Crippen molar-refractivity contribution in [2.24, 2.45) is 11.5 Å². The van der Waals surface area contributed by atoms with Crippen LogP contribution in [0, 0.1) is 5.82 Å². The average Bonchev–Trinajstić information content (AvgIpc) is 1.02. The number of hydrogen-bond acceptors (Lipinski definition) is 19. The first-order valence-corrected chi connectivity index (χ1v) is 32.0. The van der Waals surface area contributed by atoms with Gasteiger partial charge in [-0.2, -0.15) is 0 Å². The summed E-state index contributed by atoms with van der Waals surface area (Å²) in [7, 11) is 1.55. The number of aromatic amines is 1. The number of carboxylic acid groups (broad SMARTS) is 2. The first kappa shape index (κ1) is 82.0. The Balaban J connectivity index is 1.54. The van der Waals surface area contributed by atoms with E-state index in [1.807, 2.05) is 26.0 Å². The molecule has 0 saturated heterocycles. The number of carboxylic acids is 2. The Hall–Kier alpha value is -10.4. The zero-order valence-corrected chi connectivity index (χ0v) is 56.7. The van der Waals surface area contributed by atoms with Crippen LogP contribution in [-0.4, -0.2) is 204 Å². The van der Waals surface area contributed by atoms with E-state index in [0.29, 0.717) is 36.3 Å². The largest absolute Gasteiger partial charge is 0.497 e. The lowest BCUT2D eigenvalue weighted by molar-refractivity contribution is -0.142. The van der Waals surface area contributed by atoms with E-state index in [1.54, 1.807) is 37.4 Å². The number of imidazole rings is 1. The third kappa shape index (κ3) is 25.1. The number of benzene rings is 3. The van der Waals surface area contributed by atoms with Crippen molar-refractivity contribution in [2.45, 2.75) is 184 Å². The molecule has 0 aliphatic heterocycles. The maximum atomic E-state index is 15.4. The van der Waals surface area contributed by atoms with E-state index < -0.39 is 193 Å². The zero-order valence-electron chi connectivity index (χ0n) is 56.7. The number of aliphatic hydroxyl groups is 3. The van der Waals surface area contributed by atoms with Crippen LogP contribution in [0.5, 0.6) is 5.75 Å². The molecule has 1 heterocycles. The van der Waals surface area contributed by atoms with E-state index in [1.165, 1.54) is 44.6 Å². The molecule has 33 nitrogen and oxygen atoms in total. The summed E-state index contributed by atoms with van der Waals surface area (Å²) < 4.78 is 20.8. The van der Waals surface area contributed by atoms with Gasteiger partial charge in [-0.3, -0.25) is 62.3 Å². The number of aromatic nitrogens is 2. The van der Waals surface area contributed by atoms with Gasteiger partial charge in [-0.15, -0.1) is 0 Å². The molecule has 4 aromatic rings. The van der Waals surface area contributed by atoms with Gasteiger partial charge in [0.2, 0.25) is 65.0 Å². The van der Waals surface area contributed by atoms with Crippen LogP contribution in [0.4, 0.5) is 4.39 Å². The molecule has 1 aromatic heterocycles. The van der Waals surface area contributed by atoms with Crippen LogP contribution >= 0.6 is 0 Å². The summed E-state index contributed by atoms with van der Waals surface area (Å²) in [5.74, 6) is -15.8. The molecule has 100 heavy (non-hydrogen) atoms. The number of nitrogens with one attached hydrogen (secondary N) is 11. The highest BCUT2D eigenvalue weighted by Crippen LogP contribution is 2.29. The van der Waals surface area contributed by atoms with Gasteiger partial charge in [-0.25, -0.2) is 9.37 Å². The highest BCUT2D eigenvalue weighted by molar-refractivity contribution is 6.01. The van der Waals surface area contributed by atoms with Crippen molar-refractivity contribution >= 4 is 76.9 Å². The molecule has 11 atom stereocenters. The third-order valence-corrected chi connectivity index (χ3v) is 15.9. The molecule has 0 saturated carbocycles. The minimum atomic E-state index is -2.41. The number of methoxy groups -OCH3 is 1. The number of halogens is 1. The molecule has 34 heteroatoms. The van der Waals surface area contributed by atoms with Gasteiger partial charge in [0.15, 0.2) is 0 Å². The lowest BCUT2D eigenvalue weighted by Crippen LogP contribution is -2.67. The Kier molecular flexibility index (Phi) is 31.7. The number of carbonyl (C=O) groups excluding carboxylic acids is 11. The molecule has 0 aliphatic rings. The summed E-state index contributed by atoms with van der Waals surface area (Å²) in [6.45, 7) is 7.18. The van der Waals surface area contributed by atoms with E-state index in [0.717, 1.165) is 43.5 Å². The Labute approximate surface area is 575 Å². The molecule has 20 N–H and O–H groups in total. The molecule has 0 bridgehead atoms. The van der Waals surface area contributed by atoms with Gasteiger partial charge in [-0.1, -0.05) is 75.2 Å². The van der Waals surface area contributed by atoms with Crippen molar-refractivity contribution in [3.8, 4) is 16.9 Å². The first-order chi connectivity index (χ1) is 47.1. The van der Waals surface area contributed by atoms with Crippen molar-refractivity contribution in [3.05, 3.63) is 107 Å². The topological polar surface area (TPSA) is 533 Å². The Bertz CT molecular complexity index is 3540. The maximum Gasteiger partial charge on any atom is 0.305 e. The summed E-state index contributed by atoms with van der Waals surface area (Å²) in [4.78, 5) is 181. The van der Waals surface area contributed by atoms with E-state index in [-0.39, 0.29) is 24.8 Å². The molecular weight excluding hydrogens is 1310 g/mol. The summed E-state index contributed by atoms with van der Waals surface area (Å²) in [5.41, 5.74) is 10.9. The number of H-pyrrole nitrogens is 1. The minimum absolute atomic E-state index is 0.0114. The van der Waals surface area contributed by atoms with Crippen molar-refractivity contribution in [1.82, 2.24) is 63.1 Å². The number of rotatable bonds is 41. The maximum absolute atomic E-state index is 15.4. The lowest BCUT2D eigenvalue weighted by atomic mass is 9.90. The molecule has 0 aliphatic carbocycles. The van der Waals surface area contributed by atoms with Gasteiger partial charge < -0.3 is 99.9 Å². The van der Waals surface area contributed by atoms with E-state index in [4.69, 9.17) is 16.2 Å². The number of primary amides is 1. The molecule has 0 radical (unpaired) electrons. The van der Waals surface area contributed by atoms with Crippen LogP contribution in [0.3, 0.4) is 0 Å². The summed E-state index contributed by atoms with van der Waals surface area (Å²) in [6, 6.07) is 3.62. The average molecular weight is 1400 g/mol. The van der Waals surface area contributed by atoms with Crippen LogP contribution in [0.1, 0.15) is 109 Å². The van der Waals surface area contributed by atoms with Gasteiger partial charge in [0.1, 0.15) is 64.9 Å².